The van der Waals surface area contributed by atoms with Gasteiger partial charge in [0, 0.05) is 63.0 Å². The Morgan fingerprint density at radius 3 is 1.63 bits per heavy atom. The van der Waals surface area contributed by atoms with Gasteiger partial charge in [-0.3, -0.25) is 9.97 Å². The Balaban J connectivity index is 1.15. The number of pyridine rings is 3. The maximum atomic E-state index is 7.54. The number of para-hydroxylation sites is 2. The predicted molar refractivity (Wildman–Crippen MR) is 217 cm³/mol. The van der Waals surface area contributed by atoms with E-state index in [0.717, 1.165) is 83.4 Å². The van der Waals surface area contributed by atoms with Crippen LogP contribution >= 0.6 is 0 Å². The summed E-state index contributed by atoms with van der Waals surface area (Å²) in [7, 11) is 0. The van der Waals surface area contributed by atoms with Crippen molar-refractivity contribution in [2.24, 2.45) is 0 Å². The van der Waals surface area contributed by atoms with Crippen LogP contribution in [0.1, 0.15) is 12.5 Å². The van der Waals surface area contributed by atoms with Gasteiger partial charge in [0.1, 0.15) is 0 Å². The fourth-order valence-electron chi connectivity index (χ4n) is 6.45. The zero-order valence-corrected chi connectivity index (χ0v) is 28.7. The number of dihydropyridines is 1. The van der Waals surface area contributed by atoms with Crippen LogP contribution in [0.2, 0.25) is 0 Å². The number of allylic oxidation sites excluding steroid dienone is 8. The van der Waals surface area contributed by atoms with Gasteiger partial charge in [0.2, 0.25) is 0 Å². The van der Waals surface area contributed by atoms with E-state index in [0.29, 0.717) is 5.71 Å². The summed E-state index contributed by atoms with van der Waals surface area (Å²) in [6, 6.07) is 42.3. The molecule has 52 heavy (non-hydrogen) atoms. The van der Waals surface area contributed by atoms with E-state index in [9.17, 15) is 0 Å². The van der Waals surface area contributed by atoms with E-state index in [-0.39, 0.29) is 0 Å². The molecule has 5 nitrogen and oxygen atoms in total. The Labute approximate surface area is 303 Å². The van der Waals surface area contributed by atoms with Crippen LogP contribution in [-0.2, 0) is 0 Å². The number of hydrogen-bond acceptors (Lipinski definition) is 5. The van der Waals surface area contributed by atoms with Crippen molar-refractivity contribution in [3.05, 3.63) is 194 Å². The molecule has 0 radical (unpaired) electrons. The van der Waals surface area contributed by atoms with Gasteiger partial charge in [-0.2, -0.15) is 0 Å². The highest BCUT2D eigenvalue weighted by atomic mass is 14.9. The number of benzene rings is 4. The van der Waals surface area contributed by atoms with Crippen LogP contribution in [0.3, 0.4) is 0 Å². The van der Waals surface area contributed by atoms with E-state index < -0.39 is 0 Å². The summed E-state index contributed by atoms with van der Waals surface area (Å²) in [5.74, 6) is 0. The summed E-state index contributed by atoms with van der Waals surface area (Å²) in [5, 5.41) is 13.2. The van der Waals surface area contributed by atoms with Crippen LogP contribution in [0.4, 0.5) is 0 Å². The van der Waals surface area contributed by atoms with Gasteiger partial charge in [-0.05, 0) is 71.7 Å². The van der Waals surface area contributed by atoms with Crippen molar-refractivity contribution in [3.63, 3.8) is 0 Å². The topological polar surface area (TPSA) is 74.5 Å². The van der Waals surface area contributed by atoms with Crippen molar-refractivity contribution in [2.45, 2.75) is 6.92 Å². The maximum Gasteiger partial charge on any atom is 0.0780 e. The maximum absolute atomic E-state index is 7.54. The lowest BCUT2D eigenvalue weighted by molar-refractivity contribution is 1.10. The third-order valence-corrected chi connectivity index (χ3v) is 9.09. The lowest BCUT2D eigenvalue weighted by atomic mass is 9.96. The van der Waals surface area contributed by atoms with E-state index in [4.69, 9.17) is 10.4 Å². The van der Waals surface area contributed by atoms with Crippen molar-refractivity contribution in [1.29, 1.82) is 5.41 Å². The van der Waals surface area contributed by atoms with E-state index in [1.54, 1.807) is 13.0 Å². The first-order valence-electron chi connectivity index (χ1n) is 17.3. The second-order valence-corrected chi connectivity index (χ2v) is 12.7. The molecule has 7 aromatic rings. The van der Waals surface area contributed by atoms with Crippen molar-refractivity contribution in [1.82, 2.24) is 20.3 Å². The van der Waals surface area contributed by atoms with E-state index in [1.807, 2.05) is 55.0 Å². The molecule has 3 aromatic heterocycles. The van der Waals surface area contributed by atoms with Crippen LogP contribution in [0.5, 0.6) is 0 Å². The van der Waals surface area contributed by atoms with Crippen molar-refractivity contribution < 1.29 is 0 Å². The summed E-state index contributed by atoms with van der Waals surface area (Å²) in [5.41, 5.74) is 13.9. The fourth-order valence-corrected chi connectivity index (χ4v) is 6.45. The number of rotatable bonds is 8. The Bertz CT molecular complexity index is 2450. The Hall–Kier alpha value is -6.98. The van der Waals surface area contributed by atoms with Gasteiger partial charge in [-0.15, -0.1) is 0 Å². The summed E-state index contributed by atoms with van der Waals surface area (Å²) in [4.78, 5) is 14.6. The highest BCUT2D eigenvalue weighted by molar-refractivity contribution is 5.95. The highest BCUT2D eigenvalue weighted by Crippen LogP contribution is 2.34. The minimum atomic E-state index is 0.521. The molecule has 1 aliphatic heterocycles. The van der Waals surface area contributed by atoms with Crippen LogP contribution in [0, 0.1) is 5.41 Å². The zero-order valence-electron chi connectivity index (χ0n) is 28.7. The lowest BCUT2D eigenvalue weighted by Crippen LogP contribution is -2.07. The number of nitrogens with zero attached hydrogens (tertiary/aromatic N) is 3. The minimum absolute atomic E-state index is 0.521. The number of nitrogens with one attached hydrogen (secondary N) is 2. The number of fused-ring (bicyclic) bond motifs is 2. The predicted octanol–water partition coefficient (Wildman–Crippen LogP) is 11.4. The molecule has 2 N–H and O–H groups in total. The van der Waals surface area contributed by atoms with Crippen molar-refractivity contribution in [3.8, 4) is 44.8 Å². The summed E-state index contributed by atoms with van der Waals surface area (Å²) in [6.45, 7) is 1.76. The van der Waals surface area contributed by atoms with Gasteiger partial charge >= 0.3 is 0 Å². The van der Waals surface area contributed by atoms with Gasteiger partial charge in [0.25, 0.3) is 0 Å². The first-order chi connectivity index (χ1) is 25.6. The third-order valence-electron chi connectivity index (χ3n) is 9.09. The van der Waals surface area contributed by atoms with E-state index in [1.165, 1.54) is 0 Å². The molecule has 0 aliphatic carbocycles. The Morgan fingerprint density at radius 1 is 0.577 bits per heavy atom. The van der Waals surface area contributed by atoms with Gasteiger partial charge in [-0.25, -0.2) is 4.98 Å². The molecule has 8 rings (SSSR count). The van der Waals surface area contributed by atoms with E-state index in [2.05, 4.69) is 137 Å². The molecule has 0 amide bonds. The molecule has 4 heterocycles. The number of hydrogen-bond donors (Lipinski definition) is 2. The molecular formula is C47H35N5. The van der Waals surface area contributed by atoms with E-state index >= 15 is 0 Å². The average Bonchev–Trinajstić information content (AvgIpc) is 3.20. The fraction of sp³-hybridized carbons (Fsp3) is 0.0213. The molecule has 0 saturated heterocycles. The quantitative estimate of drug-likeness (QED) is 0.125. The largest absolute Gasteiger partial charge is 0.361 e. The Morgan fingerprint density at radius 2 is 1.12 bits per heavy atom. The average molecular weight is 670 g/mol. The first-order valence-corrected chi connectivity index (χ1v) is 17.3. The highest BCUT2D eigenvalue weighted by Gasteiger charge is 2.13. The molecule has 1 aliphatic rings. The molecule has 0 saturated carbocycles. The smallest absolute Gasteiger partial charge is 0.0780 e. The number of aromatic nitrogens is 3. The van der Waals surface area contributed by atoms with Gasteiger partial charge in [0.15, 0.2) is 0 Å². The molecule has 0 unspecified atom stereocenters. The minimum Gasteiger partial charge on any atom is -0.361 e. The second-order valence-electron chi connectivity index (χ2n) is 12.7. The van der Waals surface area contributed by atoms with Crippen LogP contribution < -0.4 is 5.32 Å². The summed E-state index contributed by atoms with van der Waals surface area (Å²) >= 11 is 0. The zero-order chi connectivity index (χ0) is 35.3. The third kappa shape index (κ3) is 6.89. The molecule has 0 bridgehead atoms. The van der Waals surface area contributed by atoms with Crippen molar-refractivity contribution in [2.75, 3.05) is 0 Å². The van der Waals surface area contributed by atoms with Crippen LogP contribution in [-0.4, -0.2) is 20.7 Å². The van der Waals surface area contributed by atoms with Gasteiger partial charge in [0.05, 0.1) is 22.4 Å². The lowest BCUT2D eigenvalue weighted by Gasteiger charge is -2.15. The van der Waals surface area contributed by atoms with Gasteiger partial charge in [-0.1, -0.05) is 121 Å². The standard InChI is InChI=1S/C47H35N5/c1-32(48)9-3-2-4-14-41-26-25-39(31-51-41)40-29-44(35-21-17-33(18-22-35)42-15-5-10-37-12-7-27-49-46(37)42)52-45(30-40)36-23-19-34(20-24-36)43-16-6-11-38-13-8-28-50-47(38)43/h2-31,48,51H,1H3/b4-2-,9-3-,41-14+,48-32?. The molecule has 5 heteroatoms. The normalized spacial score (nSPS) is 13.6. The van der Waals surface area contributed by atoms with Crippen LogP contribution in [0.15, 0.2) is 188 Å². The molecule has 0 atom stereocenters. The molecule has 248 valence electrons. The molecular weight excluding hydrogens is 635 g/mol. The monoisotopic (exact) mass is 669 g/mol. The second kappa shape index (κ2) is 14.5. The summed E-state index contributed by atoms with van der Waals surface area (Å²) in [6.07, 6.45) is 19.5. The van der Waals surface area contributed by atoms with Crippen LogP contribution in [0.25, 0.3) is 72.1 Å². The van der Waals surface area contributed by atoms with Crippen molar-refractivity contribution >= 4 is 33.1 Å². The molecule has 0 spiro atoms. The van der Waals surface area contributed by atoms with Gasteiger partial charge < -0.3 is 10.7 Å². The molecule has 0 fully saturated rings. The molecule has 4 aromatic carbocycles. The SMILES string of the molecule is CC(=N)\C=C/C=C\C=C1/C=CC(c2cc(-c3ccc(-c4cccc5cccnc45)cc3)nc(-c3ccc(-c4cccc5cccnc45)cc3)c2)=CN1. The Kier molecular flexibility index (Phi) is 8.97. The summed E-state index contributed by atoms with van der Waals surface area (Å²) < 4.78 is 0. The first kappa shape index (κ1) is 32.2.